The number of nitrogens with one attached hydrogen (secondary N) is 1. The summed E-state index contributed by atoms with van der Waals surface area (Å²) in [6.07, 6.45) is 1.87. The van der Waals surface area contributed by atoms with Crippen molar-refractivity contribution in [1.82, 2.24) is 5.32 Å². The summed E-state index contributed by atoms with van der Waals surface area (Å²) in [7, 11) is 0. The van der Waals surface area contributed by atoms with Crippen molar-refractivity contribution in [2.75, 3.05) is 11.2 Å². The molecule has 2 N–H and O–H groups in total. The number of hydrogen-bond donors (Lipinski definition) is 2. The SMILES string of the molecule is CC1=C(CO)[I-]CNC(Cl)=C1. The summed E-state index contributed by atoms with van der Waals surface area (Å²) in [5.74, 6) is 0. The van der Waals surface area contributed by atoms with Crippen LogP contribution in [0.4, 0.5) is 0 Å². The van der Waals surface area contributed by atoms with Gasteiger partial charge in [0, 0.05) is 0 Å². The summed E-state index contributed by atoms with van der Waals surface area (Å²) >= 11 is 5.73. The average Bonchev–Trinajstić information content (AvgIpc) is 2.11. The number of aliphatic hydroxyl groups is 1. The molecule has 0 fully saturated rings. The van der Waals surface area contributed by atoms with Crippen molar-refractivity contribution in [3.63, 3.8) is 0 Å². The van der Waals surface area contributed by atoms with Gasteiger partial charge in [0.2, 0.25) is 0 Å². The van der Waals surface area contributed by atoms with Crippen LogP contribution in [0.1, 0.15) is 6.92 Å². The molecule has 64 valence electrons. The molecule has 0 atom stereocenters. The van der Waals surface area contributed by atoms with E-state index in [1.165, 1.54) is 3.58 Å². The fourth-order valence-electron chi connectivity index (χ4n) is 0.770. The molecule has 0 unspecified atom stereocenters. The van der Waals surface area contributed by atoms with Crippen molar-refractivity contribution in [2.24, 2.45) is 0 Å². The van der Waals surface area contributed by atoms with Gasteiger partial charge in [-0.05, 0) is 0 Å². The van der Waals surface area contributed by atoms with E-state index in [2.05, 4.69) is 5.32 Å². The van der Waals surface area contributed by atoms with Crippen molar-refractivity contribution >= 4 is 11.6 Å². The summed E-state index contributed by atoms with van der Waals surface area (Å²) in [6.45, 7) is 2.17. The molecule has 0 radical (unpaired) electrons. The van der Waals surface area contributed by atoms with E-state index in [1.54, 1.807) is 0 Å². The van der Waals surface area contributed by atoms with Gasteiger partial charge in [0.15, 0.2) is 0 Å². The fraction of sp³-hybridized carbons (Fsp3) is 0.429. The summed E-state index contributed by atoms with van der Waals surface area (Å²) in [4.78, 5) is 0. The van der Waals surface area contributed by atoms with Gasteiger partial charge in [0.25, 0.3) is 0 Å². The molecule has 0 aromatic rings. The van der Waals surface area contributed by atoms with E-state index in [9.17, 15) is 0 Å². The summed E-state index contributed by atoms with van der Waals surface area (Å²) < 4.78 is 2.09. The van der Waals surface area contributed by atoms with Gasteiger partial charge < -0.3 is 0 Å². The van der Waals surface area contributed by atoms with Crippen LogP contribution in [-0.4, -0.2) is 16.3 Å². The Bertz CT molecular complexity index is 212. The molecule has 0 amide bonds. The van der Waals surface area contributed by atoms with Crippen LogP contribution < -0.4 is 26.5 Å². The standard InChI is InChI=1S/C7H10ClINO/c1-5-2-7(8)10-4-9-6(5)3-11/h2,10-11H,3-4H2,1H3/q-1. The Labute approximate surface area is 81.6 Å². The second kappa shape index (κ2) is 4.33. The van der Waals surface area contributed by atoms with E-state index in [1.807, 2.05) is 13.0 Å². The molecular formula is C7H10ClINO-. The number of aliphatic hydroxyl groups excluding tert-OH is 1. The van der Waals surface area contributed by atoms with Crippen molar-refractivity contribution in [1.29, 1.82) is 0 Å². The van der Waals surface area contributed by atoms with Gasteiger partial charge in [-0.15, -0.1) is 0 Å². The minimum atomic E-state index is -0.0642. The van der Waals surface area contributed by atoms with E-state index in [-0.39, 0.29) is 27.8 Å². The first-order chi connectivity index (χ1) is 5.24. The molecule has 1 aliphatic heterocycles. The Morgan fingerprint density at radius 1 is 1.82 bits per heavy atom. The van der Waals surface area contributed by atoms with Crippen molar-refractivity contribution < 1.29 is 26.3 Å². The minimum absolute atomic E-state index is 0.0642. The Morgan fingerprint density at radius 3 is 3.18 bits per heavy atom. The summed E-state index contributed by atoms with van der Waals surface area (Å²) in [6, 6.07) is 0. The molecular weight excluding hydrogens is 276 g/mol. The van der Waals surface area contributed by atoms with Crippen LogP contribution in [0.3, 0.4) is 0 Å². The van der Waals surface area contributed by atoms with Crippen LogP contribution in [0.5, 0.6) is 0 Å². The number of halogens is 2. The van der Waals surface area contributed by atoms with Crippen molar-refractivity contribution in [2.45, 2.75) is 6.92 Å². The van der Waals surface area contributed by atoms with Gasteiger partial charge in [0.1, 0.15) is 0 Å². The van der Waals surface area contributed by atoms with Crippen molar-refractivity contribution in [3.05, 3.63) is 20.4 Å². The van der Waals surface area contributed by atoms with Crippen LogP contribution in [0, 0.1) is 0 Å². The van der Waals surface area contributed by atoms with E-state index in [4.69, 9.17) is 16.7 Å². The molecule has 4 heteroatoms. The molecule has 2 nitrogen and oxygen atoms in total. The molecule has 0 aromatic carbocycles. The number of allylic oxidation sites excluding steroid dienone is 2. The van der Waals surface area contributed by atoms with E-state index >= 15 is 0 Å². The molecule has 0 aliphatic carbocycles. The second-order valence-corrected chi connectivity index (χ2v) is 5.42. The predicted molar refractivity (Wildman–Crippen MR) is 41.7 cm³/mol. The molecule has 0 saturated carbocycles. The summed E-state index contributed by atoms with van der Waals surface area (Å²) in [5.41, 5.74) is 1.12. The Balaban J connectivity index is 2.82. The van der Waals surface area contributed by atoms with Crippen LogP contribution in [0.2, 0.25) is 0 Å². The molecule has 0 saturated heterocycles. The monoisotopic (exact) mass is 286 g/mol. The van der Waals surface area contributed by atoms with Crippen LogP contribution in [0.25, 0.3) is 0 Å². The maximum atomic E-state index is 8.94. The molecule has 0 spiro atoms. The third-order valence-corrected chi connectivity index (χ3v) is 4.49. The van der Waals surface area contributed by atoms with E-state index in [0.717, 1.165) is 10.1 Å². The molecule has 1 aliphatic rings. The number of rotatable bonds is 1. The van der Waals surface area contributed by atoms with Crippen molar-refractivity contribution in [3.8, 4) is 0 Å². The van der Waals surface area contributed by atoms with E-state index < -0.39 is 0 Å². The first-order valence-corrected chi connectivity index (χ1v) is 6.23. The van der Waals surface area contributed by atoms with Gasteiger partial charge in [-0.1, -0.05) is 0 Å². The zero-order valence-electron chi connectivity index (χ0n) is 6.19. The van der Waals surface area contributed by atoms with Crippen LogP contribution in [-0.2, 0) is 0 Å². The number of hydrogen-bond acceptors (Lipinski definition) is 2. The maximum absolute atomic E-state index is 8.94. The van der Waals surface area contributed by atoms with Gasteiger partial charge in [0.05, 0.1) is 0 Å². The fourth-order valence-corrected chi connectivity index (χ4v) is 3.29. The second-order valence-electron chi connectivity index (χ2n) is 2.18. The zero-order valence-corrected chi connectivity index (χ0v) is 9.11. The van der Waals surface area contributed by atoms with E-state index in [0.29, 0.717) is 5.16 Å². The zero-order chi connectivity index (χ0) is 8.27. The molecule has 1 heterocycles. The first-order valence-electron chi connectivity index (χ1n) is 3.25. The van der Waals surface area contributed by atoms with Gasteiger partial charge in [-0.3, -0.25) is 0 Å². The third kappa shape index (κ3) is 2.65. The average molecular weight is 287 g/mol. The summed E-state index contributed by atoms with van der Waals surface area (Å²) in [5, 5.41) is 12.7. The normalized spacial score (nSPS) is 19.7. The topological polar surface area (TPSA) is 32.3 Å². The first kappa shape index (κ1) is 9.35. The van der Waals surface area contributed by atoms with Gasteiger partial charge in [-0.2, -0.15) is 0 Å². The Kier molecular flexibility index (Phi) is 3.68. The Hall–Kier alpha value is 0.260. The Morgan fingerprint density at radius 2 is 2.55 bits per heavy atom. The molecule has 11 heavy (non-hydrogen) atoms. The molecule has 1 rings (SSSR count). The third-order valence-electron chi connectivity index (χ3n) is 1.37. The van der Waals surface area contributed by atoms with Crippen LogP contribution in [0.15, 0.2) is 20.4 Å². The quantitative estimate of drug-likeness (QED) is 0.331. The molecule has 0 aromatic heterocycles. The number of alkyl halides is 1. The molecule has 0 bridgehead atoms. The van der Waals surface area contributed by atoms with Gasteiger partial charge in [-0.25, -0.2) is 0 Å². The van der Waals surface area contributed by atoms with Gasteiger partial charge >= 0.3 is 81.7 Å². The predicted octanol–water partition coefficient (Wildman–Crippen LogP) is -2.02. The van der Waals surface area contributed by atoms with Crippen LogP contribution >= 0.6 is 11.6 Å².